The third kappa shape index (κ3) is 3.09. The van der Waals surface area contributed by atoms with Crippen LogP contribution in [0.4, 0.5) is 5.69 Å². The van der Waals surface area contributed by atoms with Crippen LogP contribution in [-0.2, 0) is 0 Å². The monoisotopic (exact) mass is 290 g/mol. The smallest absolute Gasteiger partial charge is 0.339 e. The van der Waals surface area contributed by atoms with Crippen molar-refractivity contribution in [2.75, 3.05) is 18.5 Å². The number of hydrogen-bond acceptors (Lipinski definition) is 5. The Balaban J connectivity index is 2.60. The molecule has 1 aromatic carbocycles. The number of pyridine rings is 1. The summed E-state index contributed by atoms with van der Waals surface area (Å²) >= 11 is 0. The quantitative estimate of drug-likeness (QED) is 0.594. The zero-order chi connectivity index (χ0) is 15.4. The minimum Gasteiger partial charge on any atom is -0.478 e. The van der Waals surface area contributed by atoms with Crippen LogP contribution in [-0.4, -0.2) is 45.4 Å². The first-order chi connectivity index (χ1) is 10.0. The lowest BCUT2D eigenvalue weighted by atomic mass is 10.1. The van der Waals surface area contributed by atoms with E-state index in [-0.39, 0.29) is 17.7 Å². The average Bonchev–Trinajstić information content (AvgIpc) is 2.46. The summed E-state index contributed by atoms with van der Waals surface area (Å²) in [7, 11) is 0. The zero-order valence-electron chi connectivity index (χ0n) is 11.0. The van der Waals surface area contributed by atoms with Crippen molar-refractivity contribution in [1.82, 2.24) is 4.98 Å². The third-order valence-corrected chi connectivity index (χ3v) is 2.98. The lowest BCUT2D eigenvalue weighted by Gasteiger charge is -2.12. The summed E-state index contributed by atoms with van der Waals surface area (Å²) in [6.07, 6.45) is 1.67. The van der Waals surface area contributed by atoms with Gasteiger partial charge in [-0.25, -0.2) is 9.59 Å². The van der Waals surface area contributed by atoms with Crippen molar-refractivity contribution in [3.05, 3.63) is 35.5 Å². The number of carboxylic acid groups (broad SMARTS) is 2. The molecule has 0 atom stereocenters. The van der Waals surface area contributed by atoms with E-state index in [9.17, 15) is 14.7 Å². The van der Waals surface area contributed by atoms with E-state index >= 15 is 0 Å². The molecule has 2 aromatic rings. The molecule has 0 aliphatic carbocycles. The van der Waals surface area contributed by atoms with E-state index in [1.165, 1.54) is 24.4 Å². The Morgan fingerprint density at radius 1 is 1.19 bits per heavy atom. The second-order valence-electron chi connectivity index (χ2n) is 4.39. The Morgan fingerprint density at radius 2 is 1.95 bits per heavy atom. The highest BCUT2D eigenvalue weighted by Gasteiger charge is 2.15. The van der Waals surface area contributed by atoms with Gasteiger partial charge >= 0.3 is 11.9 Å². The molecule has 110 valence electrons. The van der Waals surface area contributed by atoms with Crippen molar-refractivity contribution in [2.45, 2.75) is 6.42 Å². The SMILES string of the molecule is O=C(O)c1ccc2ncc(C(=O)O)c(NCCCO)c2c1. The number of aromatic nitrogens is 1. The Bertz CT molecular complexity index is 694. The number of benzene rings is 1. The first kappa shape index (κ1) is 14.7. The minimum atomic E-state index is -1.16. The van der Waals surface area contributed by atoms with Crippen molar-refractivity contribution in [3.8, 4) is 0 Å². The molecule has 0 unspecified atom stereocenters. The lowest BCUT2D eigenvalue weighted by Crippen LogP contribution is -2.10. The fourth-order valence-corrected chi connectivity index (χ4v) is 1.97. The van der Waals surface area contributed by atoms with Crippen LogP contribution in [0.1, 0.15) is 27.1 Å². The molecular weight excluding hydrogens is 276 g/mol. The van der Waals surface area contributed by atoms with Crippen LogP contribution in [0.5, 0.6) is 0 Å². The predicted octanol–water partition coefficient (Wildman–Crippen LogP) is 1.43. The summed E-state index contributed by atoms with van der Waals surface area (Å²) in [4.78, 5) is 26.3. The van der Waals surface area contributed by atoms with E-state index in [0.29, 0.717) is 29.6 Å². The van der Waals surface area contributed by atoms with Crippen molar-refractivity contribution in [1.29, 1.82) is 0 Å². The highest BCUT2D eigenvalue weighted by atomic mass is 16.4. The first-order valence-corrected chi connectivity index (χ1v) is 6.28. The third-order valence-electron chi connectivity index (χ3n) is 2.98. The first-order valence-electron chi connectivity index (χ1n) is 6.28. The van der Waals surface area contributed by atoms with Gasteiger partial charge in [-0.2, -0.15) is 0 Å². The molecule has 4 N–H and O–H groups in total. The molecule has 0 amide bonds. The molecule has 0 bridgehead atoms. The Hall–Kier alpha value is -2.67. The van der Waals surface area contributed by atoms with Gasteiger partial charge in [0.2, 0.25) is 0 Å². The van der Waals surface area contributed by atoms with Crippen LogP contribution < -0.4 is 5.32 Å². The van der Waals surface area contributed by atoms with Crippen molar-refractivity contribution in [2.24, 2.45) is 0 Å². The predicted molar refractivity (Wildman–Crippen MR) is 75.9 cm³/mol. The molecule has 0 spiro atoms. The van der Waals surface area contributed by atoms with Crippen molar-refractivity contribution in [3.63, 3.8) is 0 Å². The molecular formula is C14H14N2O5. The van der Waals surface area contributed by atoms with Crippen LogP contribution in [0.2, 0.25) is 0 Å². The second kappa shape index (κ2) is 6.19. The van der Waals surface area contributed by atoms with Crippen LogP contribution in [0.15, 0.2) is 24.4 Å². The minimum absolute atomic E-state index is 0.0290. The van der Waals surface area contributed by atoms with Gasteiger partial charge in [0.1, 0.15) is 5.56 Å². The summed E-state index contributed by atoms with van der Waals surface area (Å²) < 4.78 is 0. The molecule has 0 saturated heterocycles. The van der Waals surface area contributed by atoms with Gasteiger partial charge in [-0.15, -0.1) is 0 Å². The van der Waals surface area contributed by atoms with Gasteiger partial charge in [-0.3, -0.25) is 4.98 Å². The molecule has 21 heavy (non-hydrogen) atoms. The van der Waals surface area contributed by atoms with Crippen molar-refractivity contribution >= 4 is 28.5 Å². The summed E-state index contributed by atoms with van der Waals surface area (Å²) in [6.45, 7) is 0.339. The van der Waals surface area contributed by atoms with Crippen molar-refractivity contribution < 1.29 is 24.9 Å². The Labute approximate surface area is 119 Å². The van der Waals surface area contributed by atoms with E-state index in [1.807, 2.05) is 0 Å². The maximum absolute atomic E-state index is 11.3. The summed E-state index contributed by atoms with van der Waals surface area (Å²) in [6, 6.07) is 4.33. The number of rotatable bonds is 6. The number of hydrogen-bond donors (Lipinski definition) is 4. The number of fused-ring (bicyclic) bond motifs is 1. The van der Waals surface area contributed by atoms with E-state index in [4.69, 9.17) is 10.2 Å². The van der Waals surface area contributed by atoms with Crippen LogP contribution in [0.3, 0.4) is 0 Å². The van der Waals surface area contributed by atoms with Gasteiger partial charge in [0.15, 0.2) is 0 Å². The summed E-state index contributed by atoms with van der Waals surface area (Å²) in [5, 5.41) is 30.4. The molecule has 0 saturated carbocycles. The lowest BCUT2D eigenvalue weighted by molar-refractivity contribution is 0.0687. The van der Waals surface area contributed by atoms with Gasteiger partial charge < -0.3 is 20.6 Å². The maximum Gasteiger partial charge on any atom is 0.339 e. The number of carboxylic acids is 2. The Kier molecular flexibility index (Phi) is 4.34. The number of aromatic carboxylic acids is 2. The normalized spacial score (nSPS) is 10.5. The molecule has 0 radical (unpaired) electrons. The van der Waals surface area contributed by atoms with Crippen LogP contribution in [0.25, 0.3) is 10.9 Å². The molecule has 7 heteroatoms. The van der Waals surface area contributed by atoms with Crippen LogP contribution >= 0.6 is 0 Å². The van der Waals surface area contributed by atoms with Gasteiger partial charge in [0.05, 0.1) is 16.8 Å². The standard InChI is InChI=1S/C14H14N2O5/c17-5-1-4-15-12-9-6-8(13(18)19)2-3-11(9)16-7-10(12)14(20)21/h2-3,6-7,17H,1,4-5H2,(H,15,16)(H,18,19)(H,20,21). The second-order valence-corrected chi connectivity index (χ2v) is 4.39. The number of nitrogens with one attached hydrogen (secondary N) is 1. The highest BCUT2D eigenvalue weighted by molar-refractivity contribution is 6.06. The van der Waals surface area contributed by atoms with Gasteiger partial charge in [0, 0.05) is 24.7 Å². The summed E-state index contributed by atoms with van der Waals surface area (Å²) in [5.41, 5.74) is 0.820. The van der Waals surface area contributed by atoms with Gasteiger partial charge in [-0.1, -0.05) is 0 Å². The number of carbonyl (C=O) groups is 2. The fourth-order valence-electron chi connectivity index (χ4n) is 1.97. The maximum atomic E-state index is 11.3. The summed E-state index contributed by atoms with van der Waals surface area (Å²) in [5.74, 6) is -2.25. The highest BCUT2D eigenvalue weighted by Crippen LogP contribution is 2.27. The Morgan fingerprint density at radius 3 is 2.57 bits per heavy atom. The largest absolute Gasteiger partial charge is 0.478 e. The number of aliphatic hydroxyl groups excluding tert-OH is 1. The van der Waals surface area contributed by atoms with E-state index in [1.54, 1.807) is 0 Å². The molecule has 2 rings (SSSR count). The van der Waals surface area contributed by atoms with Crippen LogP contribution in [0, 0.1) is 0 Å². The molecule has 7 nitrogen and oxygen atoms in total. The number of anilines is 1. The number of aliphatic hydroxyl groups is 1. The van der Waals surface area contributed by atoms with E-state index in [0.717, 1.165) is 0 Å². The van der Waals surface area contributed by atoms with Gasteiger partial charge in [0.25, 0.3) is 0 Å². The topological polar surface area (TPSA) is 120 Å². The average molecular weight is 290 g/mol. The van der Waals surface area contributed by atoms with Gasteiger partial charge in [-0.05, 0) is 24.6 Å². The molecule has 0 aliphatic rings. The fraction of sp³-hybridized carbons (Fsp3) is 0.214. The molecule has 0 aliphatic heterocycles. The molecule has 0 fully saturated rings. The van der Waals surface area contributed by atoms with E-state index in [2.05, 4.69) is 10.3 Å². The zero-order valence-corrected chi connectivity index (χ0v) is 11.0. The number of nitrogens with zero attached hydrogens (tertiary/aromatic N) is 1. The molecule has 1 aromatic heterocycles. The van der Waals surface area contributed by atoms with E-state index < -0.39 is 11.9 Å². The molecule has 1 heterocycles.